The van der Waals surface area contributed by atoms with Crippen LogP contribution in [-0.4, -0.2) is 24.7 Å². The number of aromatic nitrogens is 1. The molecule has 0 radical (unpaired) electrons. The van der Waals surface area contributed by atoms with E-state index in [0.29, 0.717) is 0 Å². The van der Waals surface area contributed by atoms with E-state index in [0.717, 1.165) is 31.4 Å². The van der Waals surface area contributed by atoms with E-state index < -0.39 is 0 Å². The Labute approximate surface area is 101 Å². The van der Waals surface area contributed by atoms with Gasteiger partial charge in [-0.05, 0) is 44.4 Å². The summed E-state index contributed by atoms with van der Waals surface area (Å²) in [6.07, 6.45) is 7.58. The Balaban J connectivity index is 2.00. The molecule has 3 nitrogen and oxygen atoms in total. The zero-order chi connectivity index (χ0) is 12.1. The molecule has 1 aliphatic heterocycles. The molecule has 0 saturated carbocycles. The molecular formula is C13H19FN2O. The molecule has 94 valence electrons. The van der Waals surface area contributed by atoms with Gasteiger partial charge in [0, 0.05) is 18.8 Å². The van der Waals surface area contributed by atoms with Crippen molar-refractivity contribution < 1.29 is 9.13 Å². The first-order valence-electron chi connectivity index (χ1n) is 6.19. The molecule has 2 unspecified atom stereocenters. The molecule has 1 saturated heterocycles. The SMILES string of the molecule is CNC(CC1CCCCO1)c1cncc(F)c1. The fourth-order valence-corrected chi connectivity index (χ4v) is 2.30. The van der Waals surface area contributed by atoms with Gasteiger partial charge < -0.3 is 10.1 Å². The van der Waals surface area contributed by atoms with Crippen LogP contribution in [0, 0.1) is 5.82 Å². The Kier molecular flexibility index (Phi) is 4.45. The van der Waals surface area contributed by atoms with Crippen molar-refractivity contribution in [3.63, 3.8) is 0 Å². The molecular weight excluding hydrogens is 219 g/mol. The van der Waals surface area contributed by atoms with E-state index >= 15 is 0 Å². The lowest BCUT2D eigenvalue weighted by atomic mass is 9.98. The summed E-state index contributed by atoms with van der Waals surface area (Å²) < 4.78 is 18.8. The fraction of sp³-hybridized carbons (Fsp3) is 0.615. The summed E-state index contributed by atoms with van der Waals surface area (Å²) in [6, 6.07) is 1.65. The quantitative estimate of drug-likeness (QED) is 0.874. The minimum absolute atomic E-state index is 0.112. The molecule has 0 amide bonds. The number of hydrogen-bond donors (Lipinski definition) is 1. The second-order valence-electron chi connectivity index (χ2n) is 4.50. The molecule has 2 heterocycles. The van der Waals surface area contributed by atoms with Crippen molar-refractivity contribution in [2.24, 2.45) is 0 Å². The number of halogens is 1. The highest BCUT2D eigenvalue weighted by molar-refractivity contribution is 5.15. The minimum Gasteiger partial charge on any atom is -0.378 e. The van der Waals surface area contributed by atoms with Gasteiger partial charge in [0.05, 0.1) is 12.3 Å². The summed E-state index contributed by atoms with van der Waals surface area (Å²) >= 11 is 0. The van der Waals surface area contributed by atoms with Crippen LogP contribution < -0.4 is 5.32 Å². The molecule has 2 atom stereocenters. The molecule has 1 N–H and O–H groups in total. The topological polar surface area (TPSA) is 34.1 Å². The molecule has 1 fully saturated rings. The van der Waals surface area contributed by atoms with Gasteiger partial charge in [0.25, 0.3) is 0 Å². The van der Waals surface area contributed by atoms with Crippen molar-refractivity contribution in [1.29, 1.82) is 0 Å². The van der Waals surface area contributed by atoms with Crippen LogP contribution in [-0.2, 0) is 4.74 Å². The Morgan fingerprint density at radius 3 is 3.06 bits per heavy atom. The molecule has 0 aliphatic carbocycles. The van der Waals surface area contributed by atoms with Crippen molar-refractivity contribution >= 4 is 0 Å². The second-order valence-corrected chi connectivity index (χ2v) is 4.50. The van der Waals surface area contributed by atoms with Gasteiger partial charge in [0.1, 0.15) is 5.82 Å². The summed E-state index contributed by atoms with van der Waals surface area (Å²) in [4.78, 5) is 3.89. The number of hydrogen-bond acceptors (Lipinski definition) is 3. The first kappa shape index (κ1) is 12.5. The highest BCUT2D eigenvalue weighted by Gasteiger charge is 2.20. The first-order chi connectivity index (χ1) is 8.29. The third-order valence-electron chi connectivity index (χ3n) is 3.25. The number of nitrogens with zero attached hydrogens (tertiary/aromatic N) is 1. The maximum atomic E-state index is 13.1. The van der Waals surface area contributed by atoms with Crippen LogP contribution in [0.5, 0.6) is 0 Å². The summed E-state index contributed by atoms with van der Waals surface area (Å²) in [5, 5.41) is 3.21. The normalized spacial score (nSPS) is 22.4. The molecule has 0 aromatic carbocycles. The zero-order valence-electron chi connectivity index (χ0n) is 10.2. The minimum atomic E-state index is -0.285. The summed E-state index contributed by atoms with van der Waals surface area (Å²) in [7, 11) is 1.89. The largest absolute Gasteiger partial charge is 0.378 e. The average Bonchev–Trinajstić information content (AvgIpc) is 2.37. The second kappa shape index (κ2) is 6.07. The number of ether oxygens (including phenoxy) is 1. The van der Waals surface area contributed by atoms with Gasteiger partial charge >= 0.3 is 0 Å². The van der Waals surface area contributed by atoms with Crippen molar-refractivity contribution in [1.82, 2.24) is 10.3 Å². The molecule has 1 aromatic rings. The molecule has 4 heteroatoms. The smallest absolute Gasteiger partial charge is 0.141 e. The van der Waals surface area contributed by atoms with Gasteiger partial charge in [-0.2, -0.15) is 0 Å². The third-order valence-corrected chi connectivity index (χ3v) is 3.25. The van der Waals surface area contributed by atoms with Gasteiger partial charge in [-0.1, -0.05) is 0 Å². The van der Waals surface area contributed by atoms with E-state index in [1.54, 1.807) is 6.20 Å². The molecule has 2 rings (SSSR count). The lowest BCUT2D eigenvalue weighted by Gasteiger charge is -2.26. The van der Waals surface area contributed by atoms with Crippen LogP contribution >= 0.6 is 0 Å². The van der Waals surface area contributed by atoms with E-state index in [1.807, 2.05) is 7.05 Å². The monoisotopic (exact) mass is 238 g/mol. The molecule has 1 aromatic heterocycles. The van der Waals surface area contributed by atoms with E-state index in [4.69, 9.17) is 4.74 Å². The Hall–Kier alpha value is -1.00. The van der Waals surface area contributed by atoms with Crippen LogP contribution in [0.3, 0.4) is 0 Å². The third kappa shape index (κ3) is 3.48. The van der Waals surface area contributed by atoms with Crippen molar-refractivity contribution in [3.8, 4) is 0 Å². The molecule has 1 aliphatic rings. The Morgan fingerprint density at radius 2 is 2.41 bits per heavy atom. The van der Waals surface area contributed by atoms with E-state index in [1.165, 1.54) is 18.7 Å². The van der Waals surface area contributed by atoms with Crippen LogP contribution in [0.4, 0.5) is 4.39 Å². The molecule has 17 heavy (non-hydrogen) atoms. The van der Waals surface area contributed by atoms with E-state index in [-0.39, 0.29) is 18.0 Å². The van der Waals surface area contributed by atoms with Crippen LogP contribution in [0.15, 0.2) is 18.5 Å². The van der Waals surface area contributed by atoms with Gasteiger partial charge in [-0.15, -0.1) is 0 Å². The molecule has 0 spiro atoms. The lowest BCUT2D eigenvalue weighted by molar-refractivity contribution is 0.00544. The highest BCUT2D eigenvalue weighted by Crippen LogP contribution is 2.24. The predicted molar refractivity (Wildman–Crippen MR) is 64.2 cm³/mol. The average molecular weight is 238 g/mol. The van der Waals surface area contributed by atoms with Crippen molar-refractivity contribution in [3.05, 3.63) is 29.8 Å². The molecule has 0 bridgehead atoms. The number of rotatable bonds is 4. The van der Waals surface area contributed by atoms with Crippen molar-refractivity contribution in [2.45, 2.75) is 37.8 Å². The van der Waals surface area contributed by atoms with Crippen LogP contribution in [0.2, 0.25) is 0 Å². The zero-order valence-corrected chi connectivity index (χ0v) is 10.2. The van der Waals surface area contributed by atoms with Gasteiger partial charge in [0.2, 0.25) is 0 Å². The summed E-state index contributed by atoms with van der Waals surface area (Å²) in [6.45, 7) is 0.850. The number of nitrogens with one attached hydrogen (secondary N) is 1. The van der Waals surface area contributed by atoms with Crippen molar-refractivity contribution in [2.75, 3.05) is 13.7 Å². The van der Waals surface area contributed by atoms with Gasteiger partial charge in [-0.25, -0.2) is 4.39 Å². The van der Waals surface area contributed by atoms with E-state index in [2.05, 4.69) is 10.3 Å². The Bertz CT molecular complexity index is 353. The van der Waals surface area contributed by atoms with Crippen LogP contribution in [0.25, 0.3) is 0 Å². The summed E-state index contributed by atoms with van der Waals surface area (Å²) in [5.41, 5.74) is 0.890. The maximum absolute atomic E-state index is 13.1. The maximum Gasteiger partial charge on any atom is 0.141 e. The first-order valence-corrected chi connectivity index (χ1v) is 6.19. The van der Waals surface area contributed by atoms with Gasteiger partial charge in [0.15, 0.2) is 0 Å². The lowest BCUT2D eigenvalue weighted by Crippen LogP contribution is -2.27. The highest BCUT2D eigenvalue weighted by atomic mass is 19.1. The number of pyridine rings is 1. The van der Waals surface area contributed by atoms with E-state index in [9.17, 15) is 4.39 Å². The summed E-state index contributed by atoms with van der Waals surface area (Å²) in [5.74, 6) is -0.285. The Morgan fingerprint density at radius 1 is 1.53 bits per heavy atom. The predicted octanol–water partition coefficient (Wildman–Crippen LogP) is 2.44. The fourth-order valence-electron chi connectivity index (χ4n) is 2.30. The standard InChI is InChI=1S/C13H19FN2O/c1-15-13(7-12-4-2-3-5-17-12)10-6-11(14)9-16-8-10/h6,8-9,12-13,15H,2-5,7H2,1H3. The van der Waals surface area contributed by atoms with Gasteiger partial charge in [-0.3, -0.25) is 4.98 Å². The van der Waals surface area contributed by atoms with Crippen LogP contribution in [0.1, 0.15) is 37.3 Å².